The zero-order chi connectivity index (χ0) is 24.1. The predicted molar refractivity (Wildman–Crippen MR) is 139 cm³/mol. The van der Waals surface area contributed by atoms with Gasteiger partial charge in [-0.15, -0.1) is 0 Å². The Labute approximate surface area is 204 Å². The third-order valence-electron chi connectivity index (χ3n) is 5.60. The summed E-state index contributed by atoms with van der Waals surface area (Å²) >= 11 is 3.74. The first-order valence-corrected chi connectivity index (χ1v) is 13.6. The van der Waals surface area contributed by atoms with Gasteiger partial charge in [-0.25, -0.2) is 0 Å². The van der Waals surface area contributed by atoms with Crippen molar-refractivity contribution in [3.63, 3.8) is 0 Å². The lowest BCUT2D eigenvalue weighted by molar-refractivity contribution is -0.0443. The normalized spacial score (nSPS) is 14.4. The monoisotopic (exact) mass is 528 g/mol. The van der Waals surface area contributed by atoms with Crippen molar-refractivity contribution in [2.24, 2.45) is 0 Å². The maximum Gasteiger partial charge on any atom is 0.246 e. The molecule has 0 fully saturated rings. The van der Waals surface area contributed by atoms with E-state index in [4.69, 9.17) is 14.2 Å². The Kier molecular flexibility index (Phi) is 6.18. The highest BCUT2D eigenvalue weighted by atomic mass is 79.9. The molecule has 0 atom stereocenters. The predicted octanol–water partition coefficient (Wildman–Crippen LogP) is 6.23. The summed E-state index contributed by atoms with van der Waals surface area (Å²) in [5.74, 6) is 0.740. The number of fused-ring (bicyclic) bond motifs is 1. The summed E-state index contributed by atoms with van der Waals surface area (Å²) in [5.41, 5.74) is 4.27. The number of ether oxygens (including phenoxy) is 3. The van der Waals surface area contributed by atoms with E-state index in [9.17, 15) is 0 Å². The van der Waals surface area contributed by atoms with Gasteiger partial charge < -0.3 is 18.8 Å². The highest BCUT2D eigenvalue weighted by Crippen LogP contribution is 2.55. The fraction of sp³-hybridized carbons (Fsp3) is 0.333. The average Bonchev–Trinajstić information content (AvgIpc) is 3.04. The van der Waals surface area contributed by atoms with Crippen LogP contribution in [-0.2, 0) is 4.57 Å². The van der Waals surface area contributed by atoms with E-state index in [0.29, 0.717) is 33.6 Å². The Balaban J connectivity index is 2.10. The Morgan fingerprint density at radius 1 is 0.818 bits per heavy atom. The van der Waals surface area contributed by atoms with Crippen molar-refractivity contribution in [2.75, 3.05) is 6.61 Å². The second-order valence-electron chi connectivity index (χ2n) is 9.20. The molecule has 33 heavy (non-hydrogen) atoms. The lowest BCUT2D eigenvalue weighted by Crippen LogP contribution is -2.30. The van der Waals surface area contributed by atoms with Crippen molar-refractivity contribution in [2.45, 2.75) is 54.3 Å². The van der Waals surface area contributed by atoms with E-state index in [0.717, 1.165) is 32.9 Å². The van der Waals surface area contributed by atoms with Crippen molar-refractivity contribution in [3.8, 4) is 17.2 Å². The van der Waals surface area contributed by atoms with Gasteiger partial charge in [0.25, 0.3) is 0 Å². The second kappa shape index (κ2) is 8.52. The molecule has 1 aliphatic heterocycles. The second-order valence-corrected chi connectivity index (χ2v) is 12.7. The maximum absolute atomic E-state index is 15.4. The molecule has 0 amide bonds. The molecule has 174 valence electrons. The van der Waals surface area contributed by atoms with Crippen LogP contribution in [0.5, 0.6) is 17.2 Å². The lowest BCUT2D eigenvalue weighted by Gasteiger charge is -2.24. The summed E-state index contributed by atoms with van der Waals surface area (Å²) in [6, 6.07) is 14.1. The van der Waals surface area contributed by atoms with Crippen LogP contribution in [0.3, 0.4) is 0 Å². The fourth-order valence-corrected chi connectivity index (χ4v) is 8.66. The fourth-order valence-electron chi connectivity index (χ4n) is 4.47. The highest BCUT2D eigenvalue weighted by Gasteiger charge is 2.41. The van der Waals surface area contributed by atoms with Gasteiger partial charge in [-0.1, -0.05) is 34.4 Å². The lowest BCUT2D eigenvalue weighted by atomic mass is 10.2. The van der Waals surface area contributed by atoms with Gasteiger partial charge in [-0.2, -0.15) is 0 Å². The van der Waals surface area contributed by atoms with Crippen LogP contribution in [0.1, 0.15) is 43.0 Å². The summed E-state index contributed by atoms with van der Waals surface area (Å²) in [6.07, 6.45) is 0. The van der Waals surface area contributed by atoms with Crippen LogP contribution in [0.25, 0.3) is 0 Å². The van der Waals surface area contributed by atoms with Crippen molar-refractivity contribution >= 4 is 39.0 Å². The maximum atomic E-state index is 15.4. The van der Waals surface area contributed by atoms with Crippen molar-refractivity contribution in [3.05, 3.63) is 69.2 Å². The first-order chi connectivity index (χ1) is 15.4. The standard InChI is InChI=1S/C27H30BrO4P/c1-8-30-22-15-23(24(28)26-25(22)31-27(6,7)32-26)33(29,20-11-16(2)9-17(3)12-20)21-13-18(4)10-19(5)14-21/h9-15H,8H2,1-7H3. The highest BCUT2D eigenvalue weighted by molar-refractivity contribution is 9.10. The largest absolute Gasteiger partial charge is 0.490 e. The Hall–Kier alpha value is -2.23. The molecule has 4 rings (SSSR count). The van der Waals surface area contributed by atoms with E-state index in [1.54, 1.807) is 0 Å². The molecule has 0 N–H and O–H groups in total. The molecular weight excluding hydrogens is 499 g/mol. The van der Waals surface area contributed by atoms with Crippen LogP contribution < -0.4 is 30.1 Å². The number of rotatable bonds is 5. The van der Waals surface area contributed by atoms with Crippen LogP contribution >= 0.6 is 23.1 Å². The minimum Gasteiger partial charge on any atom is -0.490 e. The topological polar surface area (TPSA) is 44.8 Å². The average molecular weight is 529 g/mol. The first-order valence-electron chi connectivity index (χ1n) is 11.1. The van der Waals surface area contributed by atoms with Gasteiger partial charge in [0, 0.05) is 29.8 Å². The smallest absolute Gasteiger partial charge is 0.246 e. The molecule has 4 nitrogen and oxygen atoms in total. The first kappa shape index (κ1) is 23.9. The molecule has 6 heteroatoms. The molecule has 0 aromatic heterocycles. The van der Waals surface area contributed by atoms with Gasteiger partial charge in [0.1, 0.15) is 0 Å². The van der Waals surface area contributed by atoms with E-state index in [-0.39, 0.29) is 0 Å². The van der Waals surface area contributed by atoms with Gasteiger partial charge in [0.05, 0.1) is 11.1 Å². The van der Waals surface area contributed by atoms with E-state index >= 15 is 4.57 Å². The summed E-state index contributed by atoms with van der Waals surface area (Å²) < 4.78 is 34.2. The summed E-state index contributed by atoms with van der Waals surface area (Å²) in [5, 5.41) is 2.21. The van der Waals surface area contributed by atoms with Crippen LogP contribution in [0.2, 0.25) is 0 Å². The SMILES string of the molecule is CCOc1cc(P(=O)(c2cc(C)cc(C)c2)c2cc(C)cc(C)c2)c(Br)c2c1OC(C)(C)O2. The van der Waals surface area contributed by atoms with E-state index in [1.165, 1.54) is 0 Å². The quantitative estimate of drug-likeness (QED) is 0.368. The number of halogens is 1. The number of hydrogen-bond donors (Lipinski definition) is 0. The third-order valence-corrected chi connectivity index (χ3v) is 9.69. The van der Waals surface area contributed by atoms with E-state index in [1.807, 2.05) is 78.8 Å². The summed E-state index contributed by atoms with van der Waals surface area (Å²) in [4.78, 5) is 0. The summed E-state index contributed by atoms with van der Waals surface area (Å²) in [6.45, 7) is 14.2. The third kappa shape index (κ3) is 4.34. The zero-order valence-electron chi connectivity index (χ0n) is 20.2. The van der Waals surface area contributed by atoms with Crippen LogP contribution in [-0.4, -0.2) is 12.4 Å². The number of aryl methyl sites for hydroxylation is 4. The van der Waals surface area contributed by atoms with Crippen LogP contribution in [0.4, 0.5) is 0 Å². The molecule has 0 unspecified atom stereocenters. The molecule has 0 saturated heterocycles. The van der Waals surface area contributed by atoms with Gasteiger partial charge >= 0.3 is 0 Å². The number of benzene rings is 3. The molecule has 3 aromatic rings. The molecule has 0 aliphatic carbocycles. The Morgan fingerprint density at radius 2 is 1.27 bits per heavy atom. The van der Waals surface area contributed by atoms with Gasteiger partial charge in [-0.05, 0) is 80.9 Å². The van der Waals surface area contributed by atoms with Crippen molar-refractivity contribution < 1.29 is 18.8 Å². The minimum atomic E-state index is -3.31. The van der Waals surface area contributed by atoms with Gasteiger partial charge in [0.2, 0.25) is 11.5 Å². The molecule has 0 radical (unpaired) electrons. The van der Waals surface area contributed by atoms with Gasteiger partial charge in [-0.3, -0.25) is 0 Å². The molecule has 3 aromatic carbocycles. The van der Waals surface area contributed by atoms with Crippen LogP contribution in [0, 0.1) is 27.7 Å². The molecule has 0 spiro atoms. The molecule has 1 heterocycles. The number of hydrogen-bond acceptors (Lipinski definition) is 4. The minimum absolute atomic E-state index is 0.453. The van der Waals surface area contributed by atoms with Crippen LogP contribution in [0.15, 0.2) is 46.9 Å². The van der Waals surface area contributed by atoms with Gasteiger partial charge in [0.15, 0.2) is 18.6 Å². The molecule has 1 aliphatic rings. The van der Waals surface area contributed by atoms with E-state index < -0.39 is 12.9 Å². The summed E-state index contributed by atoms with van der Waals surface area (Å²) in [7, 11) is -3.31. The molecule has 0 saturated carbocycles. The van der Waals surface area contributed by atoms with E-state index in [2.05, 4.69) is 28.1 Å². The van der Waals surface area contributed by atoms with Crippen molar-refractivity contribution in [1.29, 1.82) is 0 Å². The Morgan fingerprint density at radius 3 is 1.73 bits per heavy atom. The Bertz CT molecular complexity index is 1200. The molecular formula is C27H30BrO4P. The zero-order valence-corrected chi connectivity index (χ0v) is 22.7. The van der Waals surface area contributed by atoms with Crippen molar-refractivity contribution in [1.82, 2.24) is 0 Å². The molecule has 0 bridgehead atoms.